The van der Waals surface area contributed by atoms with Crippen LogP contribution in [-0.4, -0.2) is 73.6 Å². The first-order valence-corrected chi connectivity index (χ1v) is 11.6. The molecule has 10 heteroatoms. The number of likely N-dealkylation sites (tertiary alicyclic amines) is 2. The van der Waals surface area contributed by atoms with Crippen LogP contribution in [0.5, 0.6) is 0 Å². The van der Waals surface area contributed by atoms with Crippen LogP contribution in [-0.2, 0) is 6.42 Å². The molecule has 2 aliphatic heterocycles. The molecule has 2 atom stereocenters. The number of halogens is 1. The van der Waals surface area contributed by atoms with Crippen LogP contribution in [0.2, 0.25) is 0 Å². The highest BCUT2D eigenvalue weighted by Crippen LogP contribution is 2.29. The van der Waals surface area contributed by atoms with Gasteiger partial charge in [-0.15, -0.1) is 0 Å². The average molecular weight is 457 g/mol. The minimum absolute atomic E-state index is 0.133. The molecule has 1 amide bonds. The van der Waals surface area contributed by atoms with Gasteiger partial charge in [-0.1, -0.05) is 26.0 Å². The van der Waals surface area contributed by atoms with Crippen molar-refractivity contribution in [2.45, 2.75) is 39.0 Å². The predicted molar refractivity (Wildman–Crippen MR) is 119 cm³/mol. The predicted octanol–water partition coefficient (Wildman–Crippen LogP) is 3.54. The van der Waals surface area contributed by atoms with E-state index in [1.807, 2.05) is 19.9 Å². The number of nitrogens with zero attached hydrogens (tertiary/aromatic N) is 6. The average Bonchev–Trinajstić information content (AvgIpc) is 3.55. The molecule has 2 fully saturated rings. The minimum atomic E-state index is -0.825. The lowest BCUT2D eigenvalue weighted by atomic mass is 10.1. The van der Waals surface area contributed by atoms with Crippen LogP contribution in [0.15, 0.2) is 22.7 Å². The molecule has 2 aromatic heterocycles. The van der Waals surface area contributed by atoms with Gasteiger partial charge in [-0.05, 0) is 48.4 Å². The van der Waals surface area contributed by atoms with Crippen molar-refractivity contribution in [1.82, 2.24) is 29.7 Å². The van der Waals surface area contributed by atoms with Crippen molar-refractivity contribution in [3.8, 4) is 5.95 Å². The van der Waals surface area contributed by atoms with Crippen molar-refractivity contribution < 1.29 is 18.8 Å². The molecule has 9 nitrogen and oxygen atoms in total. The number of carbonyl (C=O) groups is 1. The third kappa shape index (κ3) is 4.31. The molecule has 0 radical (unpaired) electrons. The molecule has 33 heavy (non-hydrogen) atoms. The molecule has 2 aliphatic rings. The van der Waals surface area contributed by atoms with Gasteiger partial charge in [-0.3, -0.25) is 0 Å². The van der Waals surface area contributed by atoms with E-state index in [0.29, 0.717) is 42.8 Å². The molecule has 176 valence electrons. The molecule has 0 saturated carbocycles. The molecular weight excluding hydrogens is 427 g/mol. The maximum absolute atomic E-state index is 14.6. The minimum Gasteiger partial charge on any atom is -0.465 e. The summed E-state index contributed by atoms with van der Waals surface area (Å²) in [4.78, 5) is 19.6. The van der Waals surface area contributed by atoms with Crippen LogP contribution in [0.4, 0.5) is 9.18 Å². The largest absolute Gasteiger partial charge is 0.465 e. The van der Waals surface area contributed by atoms with Crippen LogP contribution in [0.1, 0.15) is 44.2 Å². The van der Waals surface area contributed by atoms with Gasteiger partial charge in [0.05, 0.1) is 5.69 Å². The van der Waals surface area contributed by atoms with Crippen molar-refractivity contribution in [2.75, 3.05) is 32.7 Å². The molecule has 3 aromatic rings. The Morgan fingerprint density at radius 3 is 2.82 bits per heavy atom. The molecule has 0 unspecified atom stereocenters. The highest BCUT2D eigenvalue weighted by molar-refractivity contribution is 5.84. The van der Waals surface area contributed by atoms with Gasteiger partial charge in [0.2, 0.25) is 5.89 Å². The number of hydrogen-bond acceptors (Lipinski definition) is 6. The van der Waals surface area contributed by atoms with Gasteiger partial charge in [0.1, 0.15) is 11.3 Å². The summed E-state index contributed by atoms with van der Waals surface area (Å²) in [5, 5.41) is 18.6. The van der Waals surface area contributed by atoms with E-state index in [9.17, 15) is 9.18 Å². The van der Waals surface area contributed by atoms with E-state index in [2.05, 4.69) is 20.1 Å². The smallest absolute Gasteiger partial charge is 0.407 e. The summed E-state index contributed by atoms with van der Waals surface area (Å²) in [6.07, 6.45) is 1.79. The monoisotopic (exact) mass is 456 g/mol. The number of para-hydroxylation sites is 1. The van der Waals surface area contributed by atoms with Gasteiger partial charge in [0.15, 0.2) is 0 Å². The van der Waals surface area contributed by atoms with Crippen LogP contribution in [0.3, 0.4) is 0 Å². The van der Waals surface area contributed by atoms with Crippen LogP contribution >= 0.6 is 0 Å². The third-order valence-electron chi connectivity index (χ3n) is 6.78. The van der Waals surface area contributed by atoms with Crippen LogP contribution in [0, 0.1) is 17.7 Å². The second-order valence-electron chi connectivity index (χ2n) is 9.58. The lowest BCUT2D eigenvalue weighted by Gasteiger charge is -2.20. The Kier molecular flexibility index (Phi) is 5.77. The molecule has 0 spiro atoms. The highest BCUT2D eigenvalue weighted by Gasteiger charge is 2.31. The van der Waals surface area contributed by atoms with Gasteiger partial charge < -0.3 is 19.4 Å². The number of amides is 1. The zero-order valence-electron chi connectivity index (χ0n) is 18.9. The second kappa shape index (κ2) is 8.74. The van der Waals surface area contributed by atoms with E-state index in [-0.39, 0.29) is 17.7 Å². The van der Waals surface area contributed by atoms with Gasteiger partial charge in [0, 0.05) is 38.0 Å². The van der Waals surface area contributed by atoms with Gasteiger partial charge in [-0.2, -0.15) is 14.8 Å². The summed E-state index contributed by atoms with van der Waals surface area (Å²) in [7, 11) is 0. The SMILES string of the molecule is CC(C)c1nn(-c2noc(C[C@@H]3CCN(C[C@H]4CCN(C(=O)O)C4)C3)n2)c2c(F)cccc12. The first-order valence-electron chi connectivity index (χ1n) is 11.6. The summed E-state index contributed by atoms with van der Waals surface area (Å²) in [5.41, 5.74) is 1.17. The maximum Gasteiger partial charge on any atom is 0.407 e. The normalized spacial score (nSPS) is 21.6. The standard InChI is InChI=1S/C23H29FN6O3/c1-14(2)20-17-4-3-5-18(24)21(17)30(26-20)22-25-19(33-27-22)10-15-6-8-28(11-15)12-16-7-9-29(13-16)23(31)32/h3-5,14-16H,6-13H2,1-2H3,(H,31,32)/t15-,16+/m0/s1. The Morgan fingerprint density at radius 2 is 2.06 bits per heavy atom. The maximum atomic E-state index is 14.6. The molecule has 0 aliphatic carbocycles. The van der Waals surface area contributed by atoms with Crippen molar-refractivity contribution in [2.24, 2.45) is 11.8 Å². The van der Waals surface area contributed by atoms with E-state index >= 15 is 0 Å². The fourth-order valence-corrected chi connectivity index (χ4v) is 5.15. The van der Waals surface area contributed by atoms with E-state index in [1.165, 1.54) is 15.6 Å². The summed E-state index contributed by atoms with van der Waals surface area (Å²) in [6, 6.07) is 4.97. The second-order valence-corrected chi connectivity index (χ2v) is 9.58. The molecule has 2 saturated heterocycles. The number of hydrogen-bond donors (Lipinski definition) is 1. The van der Waals surface area contributed by atoms with Gasteiger partial charge >= 0.3 is 6.09 Å². The highest BCUT2D eigenvalue weighted by atomic mass is 19.1. The molecular formula is C23H29FN6O3. The lowest BCUT2D eigenvalue weighted by Crippen LogP contribution is -2.31. The van der Waals surface area contributed by atoms with Crippen molar-refractivity contribution >= 4 is 17.0 Å². The summed E-state index contributed by atoms with van der Waals surface area (Å²) in [6.45, 7) is 8.14. The summed E-state index contributed by atoms with van der Waals surface area (Å²) < 4.78 is 21.6. The Bertz CT molecular complexity index is 1160. The molecule has 5 rings (SSSR count). The first-order chi connectivity index (χ1) is 15.9. The van der Waals surface area contributed by atoms with Crippen molar-refractivity contribution in [1.29, 1.82) is 0 Å². The number of carboxylic acid groups (broad SMARTS) is 1. The fourth-order valence-electron chi connectivity index (χ4n) is 5.15. The van der Waals surface area contributed by atoms with Crippen LogP contribution < -0.4 is 0 Å². The molecule has 1 aromatic carbocycles. The molecule has 0 bridgehead atoms. The number of benzene rings is 1. The number of aromatic nitrogens is 4. The topological polar surface area (TPSA) is 101 Å². The van der Waals surface area contributed by atoms with Gasteiger partial charge in [0.25, 0.3) is 5.95 Å². The Labute approximate surface area is 191 Å². The van der Waals surface area contributed by atoms with E-state index in [1.54, 1.807) is 6.07 Å². The fraction of sp³-hybridized carbons (Fsp3) is 0.565. The zero-order chi connectivity index (χ0) is 23.1. The van der Waals surface area contributed by atoms with Crippen molar-refractivity contribution in [3.63, 3.8) is 0 Å². The molecule has 1 N–H and O–H groups in total. The van der Waals surface area contributed by atoms with Gasteiger partial charge in [-0.25, -0.2) is 9.18 Å². The number of fused-ring (bicyclic) bond motifs is 1. The Hall–Kier alpha value is -3.01. The number of rotatable bonds is 6. The molecule has 4 heterocycles. The summed E-state index contributed by atoms with van der Waals surface area (Å²) >= 11 is 0. The van der Waals surface area contributed by atoms with Crippen molar-refractivity contribution in [3.05, 3.63) is 35.6 Å². The first kappa shape index (κ1) is 21.8. The van der Waals surface area contributed by atoms with E-state index in [4.69, 9.17) is 9.63 Å². The quantitative estimate of drug-likeness (QED) is 0.605. The van der Waals surface area contributed by atoms with E-state index in [0.717, 1.165) is 43.6 Å². The third-order valence-corrected chi connectivity index (χ3v) is 6.78. The summed E-state index contributed by atoms with van der Waals surface area (Å²) in [5.74, 6) is 1.34. The lowest BCUT2D eigenvalue weighted by molar-refractivity contribution is 0.152. The van der Waals surface area contributed by atoms with Crippen LogP contribution in [0.25, 0.3) is 16.9 Å². The Morgan fingerprint density at radius 1 is 1.24 bits per heavy atom. The zero-order valence-corrected chi connectivity index (χ0v) is 18.9. The van der Waals surface area contributed by atoms with E-state index < -0.39 is 6.09 Å². The Balaban J connectivity index is 1.25.